The van der Waals surface area contributed by atoms with E-state index in [4.69, 9.17) is 6.85 Å². The third-order valence-electron chi connectivity index (χ3n) is 7.02. The number of benzene rings is 2. The molecule has 10 heteroatoms. The molecular formula is C27H29F4N5O. The number of aryl methyl sites for hydroxylation is 2. The van der Waals surface area contributed by atoms with Crippen molar-refractivity contribution in [3.63, 3.8) is 0 Å². The van der Waals surface area contributed by atoms with Crippen LogP contribution in [0.15, 0.2) is 48.7 Å². The van der Waals surface area contributed by atoms with Crippen molar-refractivity contribution >= 4 is 17.5 Å². The van der Waals surface area contributed by atoms with Gasteiger partial charge in [0, 0.05) is 41.5 Å². The number of hydrogen-bond donors (Lipinski definition) is 0. The molecule has 3 aromatic rings. The summed E-state index contributed by atoms with van der Waals surface area (Å²) in [7, 11) is 0. The highest BCUT2D eigenvalue weighted by Crippen LogP contribution is 2.37. The fourth-order valence-corrected chi connectivity index (χ4v) is 5.25. The lowest BCUT2D eigenvalue weighted by molar-refractivity contribution is -0.138. The first kappa shape index (κ1) is 19.5. The molecule has 2 aromatic carbocycles. The Morgan fingerprint density at radius 1 is 1.14 bits per heavy atom. The third kappa shape index (κ3) is 4.76. The van der Waals surface area contributed by atoms with Crippen molar-refractivity contribution in [2.75, 3.05) is 22.9 Å². The Morgan fingerprint density at radius 2 is 1.89 bits per heavy atom. The molecule has 196 valence electrons. The molecule has 5 rings (SSSR count). The highest BCUT2D eigenvalue weighted by molar-refractivity contribution is 5.94. The number of aromatic nitrogens is 2. The quantitative estimate of drug-likeness (QED) is 0.389. The van der Waals surface area contributed by atoms with Gasteiger partial charge < -0.3 is 9.80 Å². The third-order valence-corrected chi connectivity index (χ3v) is 7.02. The predicted octanol–water partition coefficient (Wildman–Crippen LogP) is 5.98. The SMILES string of the molecule is [2H]C([2H])([2H])C([2H])([2H])n1cc2c(n1)N(Cc1ccccc1C(F)(F)F)C(=O)N(C1CCN(c3c(C)cccc3F)CC1)C2. The van der Waals surface area contributed by atoms with E-state index in [9.17, 15) is 22.4 Å². The van der Waals surface area contributed by atoms with Gasteiger partial charge in [0.1, 0.15) is 5.82 Å². The Morgan fingerprint density at radius 3 is 2.59 bits per heavy atom. The molecule has 0 N–H and O–H groups in total. The molecule has 0 radical (unpaired) electrons. The van der Waals surface area contributed by atoms with Crippen LogP contribution in [0.2, 0.25) is 0 Å². The van der Waals surface area contributed by atoms with Crippen LogP contribution in [-0.2, 0) is 25.8 Å². The minimum Gasteiger partial charge on any atom is -0.369 e. The summed E-state index contributed by atoms with van der Waals surface area (Å²) >= 11 is 0. The average molecular weight is 521 g/mol. The molecule has 1 aromatic heterocycles. The van der Waals surface area contributed by atoms with Crippen molar-refractivity contribution < 1.29 is 29.2 Å². The van der Waals surface area contributed by atoms with E-state index in [0.717, 1.165) is 16.5 Å². The van der Waals surface area contributed by atoms with Gasteiger partial charge in [-0.05, 0) is 49.9 Å². The number of hydrogen-bond acceptors (Lipinski definition) is 3. The monoisotopic (exact) mass is 520 g/mol. The number of rotatable bonds is 5. The molecule has 1 fully saturated rings. The van der Waals surface area contributed by atoms with E-state index in [-0.39, 0.29) is 29.8 Å². The van der Waals surface area contributed by atoms with Gasteiger partial charge in [-0.1, -0.05) is 30.3 Å². The van der Waals surface area contributed by atoms with Gasteiger partial charge in [0.2, 0.25) is 0 Å². The summed E-state index contributed by atoms with van der Waals surface area (Å²) in [5.74, 6) is -0.446. The zero-order valence-electron chi connectivity index (χ0n) is 25.1. The van der Waals surface area contributed by atoms with Crippen molar-refractivity contribution in [2.24, 2.45) is 0 Å². The zero-order valence-corrected chi connectivity index (χ0v) is 20.1. The summed E-state index contributed by atoms with van der Waals surface area (Å²) < 4.78 is 95.8. The van der Waals surface area contributed by atoms with Gasteiger partial charge in [0.25, 0.3) is 0 Å². The molecule has 2 aliphatic rings. The van der Waals surface area contributed by atoms with Gasteiger partial charge in [-0.3, -0.25) is 9.58 Å². The molecule has 0 bridgehead atoms. The standard InChI is InChI=1S/C27H29F4N5O/c1-3-34-15-20-17-35(21-11-13-33(14-12-21)24-18(2)7-6-10-23(24)28)26(37)36(25(20)32-34)16-19-8-4-5-9-22(19)27(29,30)31/h4-10,15,21H,3,11-14,16-17H2,1-2H3/i1D3,3D2. The van der Waals surface area contributed by atoms with Crippen molar-refractivity contribution in [3.8, 4) is 0 Å². The average Bonchev–Trinajstić information content (AvgIpc) is 3.34. The fraction of sp³-hybridized carbons (Fsp3) is 0.407. The van der Waals surface area contributed by atoms with Crippen LogP contribution in [0.1, 0.15) is 48.8 Å². The number of para-hydroxylation sites is 1. The molecule has 37 heavy (non-hydrogen) atoms. The maximum Gasteiger partial charge on any atom is 0.416 e. The second-order valence-electron chi connectivity index (χ2n) is 9.31. The van der Waals surface area contributed by atoms with Crippen LogP contribution in [0.5, 0.6) is 0 Å². The summed E-state index contributed by atoms with van der Waals surface area (Å²) in [6.45, 7) is -3.91. The van der Waals surface area contributed by atoms with E-state index >= 15 is 0 Å². The van der Waals surface area contributed by atoms with E-state index in [0.29, 0.717) is 41.9 Å². The summed E-state index contributed by atoms with van der Waals surface area (Å²) in [5, 5.41) is 4.09. The highest BCUT2D eigenvalue weighted by atomic mass is 19.4. The van der Waals surface area contributed by atoms with Gasteiger partial charge in [-0.25, -0.2) is 9.18 Å². The first-order valence-corrected chi connectivity index (χ1v) is 11.9. The molecule has 0 spiro atoms. The summed E-state index contributed by atoms with van der Waals surface area (Å²) in [5.41, 5.74) is 0.450. The van der Waals surface area contributed by atoms with Crippen LogP contribution < -0.4 is 9.80 Å². The topological polar surface area (TPSA) is 44.6 Å². The van der Waals surface area contributed by atoms with E-state index < -0.39 is 37.7 Å². The molecule has 1 saturated heterocycles. The predicted molar refractivity (Wildman–Crippen MR) is 133 cm³/mol. The molecule has 2 amide bonds. The minimum atomic E-state index is -4.69. The van der Waals surface area contributed by atoms with Crippen LogP contribution in [0.25, 0.3) is 0 Å². The summed E-state index contributed by atoms with van der Waals surface area (Å²) in [4.78, 5) is 18.4. The van der Waals surface area contributed by atoms with Gasteiger partial charge in [0.05, 0.1) is 27.1 Å². The van der Waals surface area contributed by atoms with Crippen molar-refractivity contribution in [1.82, 2.24) is 14.7 Å². The van der Waals surface area contributed by atoms with E-state index in [1.54, 1.807) is 6.07 Å². The minimum absolute atomic E-state index is 0.0357. The van der Waals surface area contributed by atoms with Gasteiger partial charge >= 0.3 is 12.2 Å². The Bertz CT molecular complexity index is 1460. The molecule has 0 atom stereocenters. The lowest BCUT2D eigenvalue weighted by Crippen LogP contribution is -2.54. The number of alkyl halides is 3. The van der Waals surface area contributed by atoms with Crippen LogP contribution in [0.4, 0.5) is 33.9 Å². The molecule has 6 nitrogen and oxygen atoms in total. The zero-order chi connectivity index (χ0) is 30.6. The normalized spacial score (nSPS) is 19.6. The molecule has 0 aliphatic carbocycles. The smallest absolute Gasteiger partial charge is 0.369 e. The van der Waals surface area contributed by atoms with Gasteiger partial charge in [-0.15, -0.1) is 0 Å². The molecule has 2 aliphatic heterocycles. The number of amides is 2. The Kier molecular flexibility index (Phi) is 5.13. The number of halogens is 4. The molecular weight excluding hydrogens is 486 g/mol. The number of carbonyl (C=O) groups excluding carboxylic acids is 1. The number of nitrogens with zero attached hydrogens (tertiary/aromatic N) is 5. The number of fused-ring (bicyclic) bond motifs is 1. The number of piperidine rings is 1. The van der Waals surface area contributed by atoms with Crippen LogP contribution in [-0.4, -0.2) is 39.8 Å². The maximum absolute atomic E-state index is 14.6. The van der Waals surface area contributed by atoms with Crippen molar-refractivity contribution in [1.29, 1.82) is 0 Å². The second kappa shape index (κ2) is 9.72. The molecule has 3 heterocycles. The molecule has 0 unspecified atom stereocenters. The van der Waals surface area contributed by atoms with Gasteiger partial charge in [-0.2, -0.15) is 18.3 Å². The first-order valence-electron chi connectivity index (χ1n) is 14.4. The van der Waals surface area contributed by atoms with E-state index in [1.165, 1.54) is 35.4 Å². The fourth-order valence-electron chi connectivity index (χ4n) is 5.25. The second-order valence-corrected chi connectivity index (χ2v) is 9.31. The largest absolute Gasteiger partial charge is 0.416 e. The number of anilines is 2. The number of carbonyl (C=O) groups is 1. The first-order chi connectivity index (χ1) is 19.6. The van der Waals surface area contributed by atoms with E-state index in [2.05, 4.69) is 5.10 Å². The Hall–Kier alpha value is -3.56. The summed E-state index contributed by atoms with van der Waals surface area (Å²) in [6, 6.07) is 8.68. The highest BCUT2D eigenvalue weighted by Gasteiger charge is 2.40. The maximum atomic E-state index is 14.6. The lowest BCUT2D eigenvalue weighted by Gasteiger charge is -2.43. The van der Waals surface area contributed by atoms with Gasteiger partial charge in [0.15, 0.2) is 5.82 Å². The summed E-state index contributed by atoms with van der Waals surface area (Å²) in [6.07, 6.45) is -2.59. The number of urea groups is 1. The molecule has 0 saturated carbocycles. The Labute approximate surface area is 220 Å². The van der Waals surface area contributed by atoms with Crippen LogP contribution >= 0.6 is 0 Å². The Balaban J connectivity index is 1.48. The van der Waals surface area contributed by atoms with Crippen LogP contribution in [0.3, 0.4) is 0 Å². The lowest BCUT2D eigenvalue weighted by atomic mass is 10.00. The van der Waals surface area contributed by atoms with Crippen molar-refractivity contribution in [2.45, 2.75) is 58.4 Å². The van der Waals surface area contributed by atoms with Crippen molar-refractivity contribution in [3.05, 3.63) is 76.7 Å². The van der Waals surface area contributed by atoms with Crippen LogP contribution in [0, 0.1) is 12.7 Å². The van der Waals surface area contributed by atoms with E-state index in [1.807, 2.05) is 17.9 Å².